The average Bonchev–Trinajstić information content (AvgIpc) is 2.51. The largest absolute Gasteiger partial charge is 0.467 e. The van der Waals surface area contributed by atoms with E-state index in [0.29, 0.717) is 6.42 Å². The molecule has 1 rings (SSSR count). The number of nitrogens with one attached hydrogen (secondary N) is 1. The highest BCUT2D eigenvalue weighted by molar-refractivity contribution is 5.87. The van der Waals surface area contributed by atoms with Gasteiger partial charge in [0.15, 0.2) is 0 Å². The minimum absolute atomic E-state index is 0.0216. The van der Waals surface area contributed by atoms with Crippen LogP contribution in [0.25, 0.3) is 0 Å². The van der Waals surface area contributed by atoms with E-state index in [-0.39, 0.29) is 30.6 Å². The number of nitrogens with zero attached hydrogens (tertiary/aromatic N) is 1. The molecular weight excluding hydrogens is 284 g/mol. The summed E-state index contributed by atoms with van der Waals surface area (Å²) in [7, 11) is 1.31. The Hall–Kier alpha value is -1.59. The van der Waals surface area contributed by atoms with Gasteiger partial charge in [0.05, 0.1) is 7.11 Å². The second-order valence-corrected chi connectivity index (χ2v) is 6.21. The van der Waals surface area contributed by atoms with E-state index in [1.54, 1.807) is 0 Å². The molecule has 6 nitrogen and oxygen atoms in total. The van der Waals surface area contributed by atoms with Gasteiger partial charge < -0.3 is 15.0 Å². The summed E-state index contributed by atoms with van der Waals surface area (Å²) in [5.74, 6) is -0.432. The van der Waals surface area contributed by atoms with Crippen LogP contribution in [0.15, 0.2) is 0 Å². The maximum Gasteiger partial charge on any atom is 0.328 e. The summed E-state index contributed by atoms with van der Waals surface area (Å²) in [6.07, 6.45) is 4.08. The van der Waals surface area contributed by atoms with Gasteiger partial charge in [0, 0.05) is 25.9 Å². The van der Waals surface area contributed by atoms with Crippen molar-refractivity contribution in [2.24, 2.45) is 5.92 Å². The first-order valence-electron chi connectivity index (χ1n) is 8.09. The maximum absolute atomic E-state index is 12.0. The maximum atomic E-state index is 12.0. The van der Waals surface area contributed by atoms with Crippen LogP contribution >= 0.6 is 0 Å². The zero-order valence-corrected chi connectivity index (χ0v) is 13.9. The van der Waals surface area contributed by atoms with E-state index in [9.17, 15) is 14.4 Å². The van der Waals surface area contributed by atoms with Crippen LogP contribution in [-0.4, -0.2) is 48.9 Å². The topological polar surface area (TPSA) is 75.7 Å². The molecule has 1 atom stereocenters. The summed E-state index contributed by atoms with van der Waals surface area (Å²) >= 11 is 0. The molecule has 0 aromatic carbocycles. The highest BCUT2D eigenvalue weighted by atomic mass is 16.5. The lowest BCUT2D eigenvalue weighted by atomic mass is 10.0. The quantitative estimate of drug-likeness (QED) is 0.723. The Kier molecular flexibility index (Phi) is 7.91. The van der Waals surface area contributed by atoms with Gasteiger partial charge in [0.1, 0.15) is 6.04 Å². The molecule has 0 radical (unpaired) electrons. The van der Waals surface area contributed by atoms with Crippen molar-refractivity contribution in [3.05, 3.63) is 0 Å². The lowest BCUT2D eigenvalue weighted by Crippen LogP contribution is -2.43. The molecule has 1 saturated heterocycles. The standard InChI is InChI=1S/C16H28N2O4/c1-12(2)11-13(16(21)22-3)17-14(19)7-8-15(20)18-9-5-4-6-10-18/h12-13H,4-11H2,1-3H3,(H,17,19)/t13-/m0/s1. The van der Waals surface area contributed by atoms with Crippen LogP contribution in [0.3, 0.4) is 0 Å². The van der Waals surface area contributed by atoms with E-state index < -0.39 is 12.0 Å². The van der Waals surface area contributed by atoms with Gasteiger partial charge in [-0.1, -0.05) is 13.8 Å². The average molecular weight is 312 g/mol. The molecule has 1 aliphatic rings. The summed E-state index contributed by atoms with van der Waals surface area (Å²) in [5, 5.41) is 2.67. The lowest BCUT2D eigenvalue weighted by Gasteiger charge is -2.26. The van der Waals surface area contributed by atoms with Crippen LogP contribution in [0.5, 0.6) is 0 Å². The number of rotatable bonds is 7. The highest BCUT2D eigenvalue weighted by Crippen LogP contribution is 2.11. The molecule has 0 aromatic rings. The zero-order valence-electron chi connectivity index (χ0n) is 13.9. The number of amides is 2. The number of ether oxygens (including phenoxy) is 1. The van der Waals surface area contributed by atoms with Gasteiger partial charge in [-0.05, 0) is 31.6 Å². The minimum atomic E-state index is -0.636. The number of carbonyl (C=O) groups is 3. The summed E-state index contributed by atoms with van der Waals surface area (Å²) in [6, 6.07) is -0.636. The van der Waals surface area contributed by atoms with Crippen molar-refractivity contribution in [3.8, 4) is 0 Å². The van der Waals surface area contributed by atoms with Gasteiger partial charge in [-0.25, -0.2) is 4.79 Å². The van der Waals surface area contributed by atoms with Crippen molar-refractivity contribution < 1.29 is 19.1 Å². The van der Waals surface area contributed by atoms with Crippen molar-refractivity contribution >= 4 is 17.8 Å². The first-order valence-corrected chi connectivity index (χ1v) is 8.09. The van der Waals surface area contributed by atoms with Crippen LogP contribution in [0.1, 0.15) is 52.4 Å². The molecule has 1 aliphatic heterocycles. The highest BCUT2D eigenvalue weighted by Gasteiger charge is 2.23. The molecule has 6 heteroatoms. The van der Waals surface area contributed by atoms with E-state index in [1.165, 1.54) is 13.5 Å². The monoisotopic (exact) mass is 312 g/mol. The number of hydrogen-bond donors (Lipinski definition) is 1. The Morgan fingerprint density at radius 1 is 1.09 bits per heavy atom. The molecule has 0 spiro atoms. The molecule has 0 aromatic heterocycles. The van der Waals surface area contributed by atoms with Crippen molar-refractivity contribution in [2.75, 3.05) is 20.2 Å². The van der Waals surface area contributed by atoms with Gasteiger partial charge >= 0.3 is 5.97 Å². The molecule has 0 unspecified atom stereocenters. The molecule has 1 fully saturated rings. The van der Waals surface area contributed by atoms with Gasteiger partial charge in [-0.2, -0.15) is 0 Å². The van der Waals surface area contributed by atoms with Gasteiger partial charge in [-0.3, -0.25) is 9.59 Å². The van der Waals surface area contributed by atoms with Crippen molar-refractivity contribution in [2.45, 2.75) is 58.4 Å². The Balaban J connectivity index is 2.39. The number of methoxy groups -OCH3 is 1. The van der Waals surface area contributed by atoms with Crippen LogP contribution in [0.2, 0.25) is 0 Å². The lowest BCUT2D eigenvalue weighted by molar-refractivity contribution is -0.145. The van der Waals surface area contributed by atoms with Crippen LogP contribution < -0.4 is 5.32 Å². The third kappa shape index (κ3) is 6.45. The van der Waals surface area contributed by atoms with Crippen LogP contribution in [-0.2, 0) is 19.1 Å². The normalized spacial score (nSPS) is 16.3. The Labute approximate surface area is 132 Å². The molecule has 0 aliphatic carbocycles. The molecular formula is C16H28N2O4. The molecule has 126 valence electrons. The third-order valence-corrected chi connectivity index (χ3v) is 3.80. The first-order chi connectivity index (χ1) is 10.4. The van der Waals surface area contributed by atoms with E-state index in [0.717, 1.165) is 25.9 Å². The summed E-state index contributed by atoms with van der Waals surface area (Å²) in [5.41, 5.74) is 0. The predicted molar refractivity (Wildman–Crippen MR) is 83.1 cm³/mol. The van der Waals surface area contributed by atoms with E-state index in [1.807, 2.05) is 18.7 Å². The Bertz CT molecular complexity index is 390. The van der Waals surface area contributed by atoms with Gasteiger partial charge in [0.2, 0.25) is 11.8 Å². The smallest absolute Gasteiger partial charge is 0.328 e. The number of carbonyl (C=O) groups excluding carboxylic acids is 3. The van der Waals surface area contributed by atoms with Crippen LogP contribution in [0.4, 0.5) is 0 Å². The first kappa shape index (κ1) is 18.5. The SMILES string of the molecule is COC(=O)[C@H](CC(C)C)NC(=O)CCC(=O)N1CCCCC1. The predicted octanol–water partition coefficient (Wildman–Crippen LogP) is 1.48. The summed E-state index contributed by atoms with van der Waals surface area (Å²) in [6.45, 7) is 5.53. The fraction of sp³-hybridized carbons (Fsp3) is 0.812. The fourth-order valence-corrected chi connectivity index (χ4v) is 2.62. The van der Waals surface area contributed by atoms with Crippen molar-refractivity contribution in [1.29, 1.82) is 0 Å². The molecule has 0 bridgehead atoms. The molecule has 1 heterocycles. The Morgan fingerprint density at radius 2 is 1.73 bits per heavy atom. The number of likely N-dealkylation sites (tertiary alicyclic amines) is 1. The minimum Gasteiger partial charge on any atom is -0.467 e. The van der Waals surface area contributed by atoms with E-state index in [2.05, 4.69) is 5.32 Å². The third-order valence-electron chi connectivity index (χ3n) is 3.80. The molecule has 0 saturated carbocycles. The Morgan fingerprint density at radius 3 is 2.27 bits per heavy atom. The van der Waals surface area contributed by atoms with E-state index >= 15 is 0 Å². The summed E-state index contributed by atoms with van der Waals surface area (Å²) < 4.78 is 4.71. The fourth-order valence-electron chi connectivity index (χ4n) is 2.62. The molecule has 1 N–H and O–H groups in total. The molecule has 2 amide bonds. The number of esters is 1. The zero-order chi connectivity index (χ0) is 16.5. The second-order valence-electron chi connectivity index (χ2n) is 6.21. The number of piperidine rings is 1. The van der Waals surface area contributed by atoms with E-state index in [4.69, 9.17) is 4.74 Å². The number of hydrogen-bond acceptors (Lipinski definition) is 4. The second kappa shape index (κ2) is 9.43. The van der Waals surface area contributed by atoms with Crippen LogP contribution in [0, 0.1) is 5.92 Å². The van der Waals surface area contributed by atoms with Gasteiger partial charge in [-0.15, -0.1) is 0 Å². The summed E-state index contributed by atoms with van der Waals surface area (Å²) in [4.78, 5) is 37.4. The van der Waals surface area contributed by atoms with Crippen molar-refractivity contribution in [1.82, 2.24) is 10.2 Å². The van der Waals surface area contributed by atoms with Gasteiger partial charge in [0.25, 0.3) is 0 Å². The van der Waals surface area contributed by atoms with Crippen molar-refractivity contribution in [3.63, 3.8) is 0 Å². The molecule has 22 heavy (non-hydrogen) atoms.